The molecule has 7 heteroatoms. The quantitative estimate of drug-likeness (QED) is 0.854. The molecule has 1 heterocycles. The number of methoxy groups -OCH3 is 2. The lowest BCUT2D eigenvalue weighted by Gasteiger charge is -2.37. The lowest BCUT2D eigenvalue weighted by molar-refractivity contribution is 0.0494. The number of carbonyl (C=O) groups excluding carboxylic acids is 1. The van der Waals surface area contributed by atoms with Crippen LogP contribution in [0.5, 0.6) is 11.5 Å². The molecule has 0 saturated heterocycles. The summed E-state index contributed by atoms with van der Waals surface area (Å²) in [4.78, 5) is 17.0. The summed E-state index contributed by atoms with van der Waals surface area (Å²) in [6.45, 7) is 9.56. The van der Waals surface area contributed by atoms with Crippen molar-refractivity contribution < 1.29 is 23.7 Å². The third-order valence-corrected chi connectivity index (χ3v) is 3.96. The van der Waals surface area contributed by atoms with E-state index in [-0.39, 0.29) is 11.6 Å². The van der Waals surface area contributed by atoms with E-state index in [1.165, 1.54) is 0 Å². The number of benzene rings is 1. The van der Waals surface area contributed by atoms with Crippen LogP contribution in [0.1, 0.15) is 41.0 Å². The Hall–Kier alpha value is -2.44. The van der Waals surface area contributed by atoms with E-state index in [0.717, 1.165) is 6.42 Å². The average molecular weight is 364 g/mol. The van der Waals surface area contributed by atoms with Crippen molar-refractivity contribution in [1.82, 2.24) is 0 Å². The molecule has 1 atom stereocenters. The Morgan fingerprint density at radius 1 is 1.23 bits per heavy atom. The van der Waals surface area contributed by atoms with E-state index in [2.05, 4.69) is 10.3 Å². The maximum atomic E-state index is 12.4. The number of amides is 1. The smallest absolute Gasteiger partial charge is 0.412 e. The summed E-state index contributed by atoms with van der Waals surface area (Å²) in [5.41, 5.74) is -0.759. The number of carbonyl (C=O) groups is 1. The van der Waals surface area contributed by atoms with Crippen LogP contribution >= 0.6 is 0 Å². The number of nitrogens with zero attached hydrogens (tertiary/aromatic N) is 1. The summed E-state index contributed by atoms with van der Waals surface area (Å²) in [5.74, 6) is 1.54. The highest BCUT2D eigenvalue weighted by molar-refractivity contribution is 5.91. The monoisotopic (exact) mass is 364 g/mol. The number of ether oxygens (including phenoxy) is 4. The van der Waals surface area contributed by atoms with Gasteiger partial charge in [-0.25, -0.2) is 9.79 Å². The van der Waals surface area contributed by atoms with E-state index >= 15 is 0 Å². The van der Waals surface area contributed by atoms with Gasteiger partial charge in [0, 0.05) is 24.6 Å². The standard InChI is InChI=1S/C19H28N2O5/c1-12-11-18(2,3)21-16(25-12)19(4,5)26-17(22)20-13-8-14(23-6)10-15(9-13)24-7/h8-10,12H,11H2,1-7H3,(H,20,22). The van der Waals surface area contributed by atoms with Crippen molar-refractivity contribution in [2.75, 3.05) is 19.5 Å². The number of aliphatic imine (C=N–C) groups is 1. The molecular formula is C19H28N2O5. The molecule has 1 amide bonds. The predicted octanol–water partition coefficient (Wildman–Crippen LogP) is 4.02. The third-order valence-electron chi connectivity index (χ3n) is 3.96. The Balaban J connectivity index is 2.12. The second kappa shape index (κ2) is 7.43. The maximum Gasteiger partial charge on any atom is 0.412 e. The molecule has 1 unspecified atom stereocenters. The highest BCUT2D eigenvalue weighted by Crippen LogP contribution is 2.29. The molecule has 0 radical (unpaired) electrons. The second-order valence-corrected chi connectivity index (χ2v) is 7.49. The van der Waals surface area contributed by atoms with Crippen LogP contribution in [0.25, 0.3) is 0 Å². The first-order chi connectivity index (χ1) is 12.0. The predicted molar refractivity (Wildman–Crippen MR) is 100 cm³/mol. The first kappa shape index (κ1) is 19.9. The van der Waals surface area contributed by atoms with Crippen molar-refractivity contribution in [3.8, 4) is 11.5 Å². The van der Waals surface area contributed by atoms with Gasteiger partial charge in [-0.05, 0) is 34.6 Å². The van der Waals surface area contributed by atoms with Gasteiger partial charge in [0.2, 0.25) is 5.90 Å². The molecule has 2 rings (SSSR count). The van der Waals surface area contributed by atoms with Crippen molar-refractivity contribution in [3.05, 3.63) is 18.2 Å². The topological polar surface area (TPSA) is 78.4 Å². The number of anilines is 1. The van der Waals surface area contributed by atoms with E-state index in [9.17, 15) is 4.79 Å². The van der Waals surface area contributed by atoms with Crippen LogP contribution in [-0.4, -0.2) is 43.5 Å². The van der Waals surface area contributed by atoms with Crippen LogP contribution in [-0.2, 0) is 9.47 Å². The molecule has 144 valence electrons. The molecule has 1 aromatic rings. The Morgan fingerprint density at radius 2 is 1.81 bits per heavy atom. The largest absolute Gasteiger partial charge is 0.497 e. The Labute approximate surface area is 154 Å². The summed E-state index contributed by atoms with van der Waals surface area (Å²) in [7, 11) is 3.09. The molecule has 0 aliphatic carbocycles. The summed E-state index contributed by atoms with van der Waals surface area (Å²) < 4.78 is 21.8. The molecule has 1 aliphatic rings. The molecule has 0 spiro atoms. The van der Waals surface area contributed by atoms with Gasteiger partial charge in [0.05, 0.1) is 31.5 Å². The van der Waals surface area contributed by atoms with Crippen LogP contribution in [0.3, 0.4) is 0 Å². The summed E-state index contributed by atoms with van der Waals surface area (Å²) in [6, 6.07) is 5.07. The van der Waals surface area contributed by atoms with Crippen molar-refractivity contribution >= 4 is 17.7 Å². The minimum absolute atomic E-state index is 0.00563. The fourth-order valence-electron chi connectivity index (χ4n) is 2.86. The van der Waals surface area contributed by atoms with Gasteiger partial charge in [0.15, 0.2) is 5.60 Å². The lowest BCUT2D eigenvalue weighted by Crippen LogP contribution is -2.46. The molecule has 1 aliphatic heterocycles. The Morgan fingerprint density at radius 3 is 2.31 bits per heavy atom. The molecule has 7 nitrogen and oxygen atoms in total. The molecule has 0 bridgehead atoms. The summed E-state index contributed by atoms with van der Waals surface area (Å²) >= 11 is 0. The second-order valence-electron chi connectivity index (χ2n) is 7.49. The molecule has 1 N–H and O–H groups in total. The highest BCUT2D eigenvalue weighted by Gasteiger charge is 2.38. The number of rotatable bonds is 5. The molecule has 0 saturated carbocycles. The van der Waals surface area contributed by atoms with Gasteiger partial charge in [-0.15, -0.1) is 0 Å². The fraction of sp³-hybridized carbons (Fsp3) is 0.579. The van der Waals surface area contributed by atoms with E-state index in [0.29, 0.717) is 23.1 Å². The zero-order valence-electron chi connectivity index (χ0n) is 16.5. The van der Waals surface area contributed by atoms with E-state index in [1.807, 2.05) is 20.8 Å². The van der Waals surface area contributed by atoms with Gasteiger partial charge in [0.1, 0.15) is 11.5 Å². The van der Waals surface area contributed by atoms with Gasteiger partial charge in [-0.3, -0.25) is 5.32 Å². The zero-order chi connectivity index (χ0) is 19.5. The molecular weight excluding hydrogens is 336 g/mol. The third kappa shape index (κ3) is 5.03. The van der Waals surface area contributed by atoms with Gasteiger partial charge in [-0.1, -0.05) is 0 Å². The van der Waals surface area contributed by atoms with Gasteiger partial charge in [0.25, 0.3) is 0 Å². The van der Waals surface area contributed by atoms with Crippen LogP contribution in [0.15, 0.2) is 23.2 Å². The van der Waals surface area contributed by atoms with Crippen LogP contribution in [0.4, 0.5) is 10.5 Å². The molecule has 0 aromatic heterocycles. The number of hydrogen-bond acceptors (Lipinski definition) is 6. The van der Waals surface area contributed by atoms with E-state index < -0.39 is 11.7 Å². The van der Waals surface area contributed by atoms with Gasteiger partial charge < -0.3 is 18.9 Å². The molecule has 0 fully saturated rings. The van der Waals surface area contributed by atoms with Crippen LogP contribution in [0.2, 0.25) is 0 Å². The SMILES string of the molecule is COc1cc(NC(=O)OC(C)(C)C2=NC(C)(C)CC(C)O2)cc(OC)c1. The highest BCUT2D eigenvalue weighted by atomic mass is 16.6. The fourth-order valence-corrected chi connectivity index (χ4v) is 2.86. The maximum absolute atomic E-state index is 12.4. The van der Waals surface area contributed by atoms with Crippen molar-refractivity contribution in [1.29, 1.82) is 0 Å². The minimum Gasteiger partial charge on any atom is -0.497 e. The first-order valence-electron chi connectivity index (χ1n) is 8.55. The Kier molecular flexibility index (Phi) is 5.68. The molecule has 1 aromatic carbocycles. The van der Waals surface area contributed by atoms with Gasteiger partial charge >= 0.3 is 6.09 Å². The van der Waals surface area contributed by atoms with Gasteiger partial charge in [-0.2, -0.15) is 0 Å². The normalized spacial score (nSPS) is 19.0. The van der Waals surface area contributed by atoms with E-state index in [1.54, 1.807) is 46.3 Å². The summed E-state index contributed by atoms with van der Waals surface area (Å²) in [6.07, 6.45) is 0.196. The average Bonchev–Trinajstić information content (AvgIpc) is 2.51. The zero-order valence-corrected chi connectivity index (χ0v) is 16.5. The molecule has 26 heavy (non-hydrogen) atoms. The first-order valence-corrected chi connectivity index (χ1v) is 8.55. The Bertz CT molecular complexity index is 675. The number of nitrogens with one attached hydrogen (secondary N) is 1. The lowest BCUT2D eigenvalue weighted by atomic mass is 9.95. The van der Waals surface area contributed by atoms with Crippen molar-refractivity contribution in [3.63, 3.8) is 0 Å². The summed E-state index contributed by atoms with van der Waals surface area (Å²) in [5, 5.41) is 2.69. The van der Waals surface area contributed by atoms with Crippen molar-refractivity contribution in [2.24, 2.45) is 4.99 Å². The van der Waals surface area contributed by atoms with Crippen LogP contribution < -0.4 is 14.8 Å². The number of hydrogen-bond donors (Lipinski definition) is 1. The van der Waals surface area contributed by atoms with Crippen LogP contribution in [0, 0.1) is 0 Å². The van der Waals surface area contributed by atoms with E-state index in [4.69, 9.17) is 18.9 Å². The van der Waals surface area contributed by atoms with Crippen molar-refractivity contribution in [2.45, 2.75) is 58.3 Å². The minimum atomic E-state index is -1.00.